The maximum Gasteiger partial charge on any atom is 0.0770 e. The first-order valence-electron chi connectivity index (χ1n) is 3.93. The van der Waals surface area contributed by atoms with Crippen LogP contribution >= 0.6 is 0 Å². The van der Waals surface area contributed by atoms with E-state index in [1.165, 1.54) is 0 Å². The van der Waals surface area contributed by atoms with Crippen LogP contribution in [0.5, 0.6) is 0 Å². The van der Waals surface area contributed by atoms with E-state index in [4.69, 9.17) is 0 Å². The number of hydrogen-bond acceptors (Lipinski definition) is 1. The summed E-state index contributed by atoms with van der Waals surface area (Å²) in [4.78, 5) is 0. The first-order valence-corrected chi connectivity index (χ1v) is 3.93. The van der Waals surface area contributed by atoms with Gasteiger partial charge in [-0.1, -0.05) is 32.4 Å². The molecule has 0 rings (SSSR count). The third kappa shape index (κ3) is 3.02. The van der Waals surface area contributed by atoms with E-state index in [0.29, 0.717) is 5.92 Å². The second kappa shape index (κ2) is 4.51. The molecule has 1 N–H and O–H groups in total. The zero-order valence-electron chi connectivity index (χ0n) is 7.22. The largest absolute Gasteiger partial charge is 0.389 e. The number of hydrogen-bond donors (Lipinski definition) is 1. The van der Waals surface area contributed by atoms with Crippen molar-refractivity contribution in [1.82, 2.24) is 0 Å². The Morgan fingerprint density at radius 2 is 2.10 bits per heavy atom. The Labute approximate surface area is 63.8 Å². The van der Waals surface area contributed by atoms with Crippen molar-refractivity contribution in [3.05, 3.63) is 12.2 Å². The van der Waals surface area contributed by atoms with E-state index in [1.807, 2.05) is 6.92 Å². The molecule has 0 aromatic heterocycles. The molecule has 1 heteroatoms. The van der Waals surface area contributed by atoms with Crippen molar-refractivity contribution in [2.45, 2.75) is 39.7 Å². The quantitative estimate of drug-likeness (QED) is 0.597. The van der Waals surface area contributed by atoms with Gasteiger partial charge in [0.25, 0.3) is 0 Å². The first-order chi connectivity index (χ1) is 4.59. The zero-order chi connectivity index (χ0) is 8.15. The second-order valence-corrected chi connectivity index (χ2v) is 3.06. The van der Waals surface area contributed by atoms with Gasteiger partial charge in [-0.2, -0.15) is 0 Å². The Hall–Kier alpha value is -0.300. The molecule has 0 spiro atoms. The van der Waals surface area contributed by atoms with Crippen LogP contribution in [0, 0.1) is 5.92 Å². The normalized spacial score (nSPS) is 16.4. The Morgan fingerprint density at radius 1 is 1.60 bits per heavy atom. The van der Waals surface area contributed by atoms with E-state index in [9.17, 15) is 5.11 Å². The van der Waals surface area contributed by atoms with Crippen LogP contribution in [0.2, 0.25) is 0 Å². The maximum absolute atomic E-state index is 9.43. The van der Waals surface area contributed by atoms with Crippen molar-refractivity contribution in [3.63, 3.8) is 0 Å². The summed E-state index contributed by atoms with van der Waals surface area (Å²) in [6, 6.07) is 0. The molecule has 0 saturated heterocycles. The molecule has 10 heavy (non-hydrogen) atoms. The average Bonchev–Trinajstić information content (AvgIpc) is 1.87. The third-order valence-corrected chi connectivity index (χ3v) is 1.79. The number of aliphatic hydroxyl groups excluding tert-OH is 1. The smallest absolute Gasteiger partial charge is 0.0770 e. The summed E-state index contributed by atoms with van der Waals surface area (Å²) in [5.74, 6) is 0.363. The summed E-state index contributed by atoms with van der Waals surface area (Å²) in [5, 5.41) is 9.43. The van der Waals surface area contributed by atoms with Crippen LogP contribution in [0.25, 0.3) is 0 Å². The Bertz CT molecular complexity index is 107. The fourth-order valence-electron chi connectivity index (χ4n) is 1.10. The topological polar surface area (TPSA) is 20.2 Å². The molecule has 60 valence electrons. The molecule has 0 unspecified atom stereocenters. The Kier molecular flexibility index (Phi) is 4.37. The molecule has 0 aliphatic rings. The van der Waals surface area contributed by atoms with Gasteiger partial charge >= 0.3 is 0 Å². The lowest BCUT2D eigenvalue weighted by Crippen LogP contribution is -2.17. The van der Waals surface area contributed by atoms with Crippen LogP contribution in [0.1, 0.15) is 33.6 Å². The molecule has 0 bridgehead atoms. The van der Waals surface area contributed by atoms with E-state index < -0.39 is 0 Å². The fourth-order valence-corrected chi connectivity index (χ4v) is 1.10. The summed E-state index contributed by atoms with van der Waals surface area (Å²) >= 11 is 0. The van der Waals surface area contributed by atoms with Crippen molar-refractivity contribution in [2.75, 3.05) is 0 Å². The van der Waals surface area contributed by atoms with E-state index in [0.717, 1.165) is 18.4 Å². The highest BCUT2D eigenvalue weighted by molar-refractivity contribution is 4.98. The molecule has 0 fully saturated rings. The van der Waals surface area contributed by atoms with Gasteiger partial charge in [0.2, 0.25) is 0 Å². The van der Waals surface area contributed by atoms with E-state index in [-0.39, 0.29) is 6.10 Å². The van der Waals surface area contributed by atoms with Crippen LogP contribution in [-0.2, 0) is 0 Å². The molecule has 0 radical (unpaired) electrons. The lowest BCUT2D eigenvalue weighted by molar-refractivity contribution is 0.145. The van der Waals surface area contributed by atoms with Crippen molar-refractivity contribution in [1.29, 1.82) is 0 Å². The molecule has 0 heterocycles. The van der Waals surface area contributed by atoms with Gasteiger partial charge in [0.1, 0.15) is 0 Å². The SMILES string of the molecule is C=C(C)[C@@H](O)[C@@H](C)CCC. The van der Waals surface area contributed by atoms with Gasteiger partial charge in [0.15, 0.2) is 0 Å². The van der Waals surface area contributed by atoms with Gasteiger partial charge < -0.3 is 5.11 Å². The summed E-state index contributed by atoms with van der Waals surface area (Å²) in [5.41, 5.74) is 0.876. The van der Waals surface area contributed by atoms with Crippen LogP contribution in [0.3, 0.4) is 0 Å². The molecule has 0 aromatic carbocycles. The molecular formula is C9H18O. The molecule has 1 nitrogen and oxygen atoms in total. The predicted octanol–water partition coefficient (Wildman–Crippen LogP) is 2.36. The molecule has 0 amide bonds. The van der Waals surface area contributed by atoms with Gasteiger partial charge in [0, 0.05) is 0 Å². The Morgan fingerprint density at radius 3 is 2.40 bits per heavy atom. The lowest BCUT2D eigenvalue weighted by atomic mass is 9.95. The van der Waals surface area contributed by atoms with Crippen LogP contribution in [0.4, 0.5) is 0 Å². The highest BCUT2D eigenvalue weighted by atomic mass is 16.3. The van der Waals surface area contributed by atoms with Crippen LogP contribution in [0.15, 0.2) is 12.2 Å². The van der Waals surface area contributed by atoms with Crippen molar-refractivity contribution in [3.8, 4) is 0 Å². The molecular weight excluding hydrogens is 124 g/mol. The van der Waals surface area contributed by atoms with Gasteiger partial charge in [0.05, 0.1) is 6.10 Å². The monoisotopic (exact) mass is 142 g/mol. The predicted molar refractivity (Wildman–Crippen MR) is 44.9 cm³/mol. The first kappa shape index (κ1) is 9.70. The maximum atomic E-state index is 9.43. The number of aliphatic hydroxyl groups is 1. The average molecular weight is 142 g/mol. The van der Waals surface area contributed by atoms with E-state index in [2.05, 4.69) is 20.4 Å². The standard InChI is InChI=1S/C9H18O/c1-5-6-8(4)9(10)7(2)3/h8-10H,2,5-6H2,1,3-4H3/t8-,9+/m0/s1. The molecule has 0 aliphatic heterocycles. The minimum atomic E-state index is -0.306. The fraction of sp³-hybridized carbons (Fsp3) is 0.778. The summed E-state index contributed by atoms with van der Waals surface area (Å²) in [6.07, 6.45) is 1.90. The second-order valence-electron chi connectivity index (χ2n) is 3.06. The van der Waals surface area contributed by atoms with Crippen molar-refractivity contribution in [2.24, 2.45) is 5.92 Å². The van der Waals surface area contributed by atoms with Crippen LogP contribution < -0.4 is 0 Å². The third-order valence-electron chi connectivity index (χ3n) is 1.79. The number of rotatable bonds is 4. The minimum absolute atomic E-state index is 0.306. The lowest BCUT2D eigenvalue weighted by Gasteiger charge is -2.17. The van der Waals surface area contributed by atoms with Crippen molar-refractivity contribution >= 4 is 0 Å². The van der Waals surface area contributed by atoms with E-state index >= 15 is 0 Å². The Balaban J connectivity index is 3.69. The summed E-state index contributed by atoms with van der Waals surface area (Å²) in [7, 11) is 0. The summed E-state index contributed by atoms with van der Waals surface area (Å²) in [6.45, 7) is 9.77. The molecule has 0 aromatic rings. The zero-order valence-corrected chi connectivity index (χ0v) is 7.22. The molecule has 0 aliphatic carbocycles. The van der Waals surface area contributed by atoms with Gasteiger partial charge in [-0.25, -0.2) is 0 Å². The molecule has 2 atom stereocenters. The van der Waals surface area contributed by atoms with Gasteiger partial charge in [-0.05, 0) is 19.3 Å². The van der Waals surface area contributed by atoms with Gasteiger partial charge in [-0.15, -0.1) is 0 Å². The van der Waals surface area contributed by atoms with Crippen LogP contribution in [-0.4, -0.2) is 11.2 Å². The van der Waals surface area contributed by atoms with E-state index in [1.54, 1.807) is 0 Å². The minimum Gasteiger partial charge on any atom is -0.389 e. The van der Waals surface area contributed by atoms with Gasteiger partial charge in [-0.3, -0.25) is 0 Å². The van der Waals surface area contributed by atoms with Crippen molar-refractivity contribution < 1.29 is 5.11 Å². The summed E-state index contributed by atoms with van der Waals surface area (Å²) < 4.78 is 0. The highest BCUT2D eigenvalue weighted by Crippen LogP contribution is 2.15. The molecule has 0 saturated carbocycles. The highest BCUT2D eigenvalue weighted by Gasteiger charge is 2.12.